The molecule has 5 nitrogen and oxygen atoms in total. The molecule has 24 heavy (non-hydrogen) atoms. The normalized spacial score (nSPS) is 13.9. The average Bonchev–Trinajstić information content (AvgIpc) is 2.98. The summed E-state index contributed by atoms with van der Waals surface area (Å²) in [5, 5.41) is 4.33. The van der Waals surface area contributed by atoms with Crippen molar-refractivity contribution in [2.75, 3.05) is 13.1 Å². The van der Waals surface area contributed by atoms with E-state index in [0.29, 0.717) is 12.5 Å². The number of fused-ring (bicyclic) bond motifs is 1. The summed E-state index contributed by atoms with van der Waals surface area (Å²) in [6, 6.07) is 5.93. The van der Waals surface area contributed by atoms with Crippen molar-refractivity contribution in [3.63, 3.8) is 0 Å². The van der Waals surface area contributed by atoms with Crippen LogP contribution < -0.4 is 11.1 Å². The first-order valence-corrected chi connectivity index (χ1v) is 9.04. The van der Waals surface area contributed by atoms with Gasteiger partial charge in [-0.25, -0.2) is 4.98 Å². The lowest BCUT2D eigenvalue weighted by Crippen LogP contribution is -2.33. The number of aliphatic imine (C=N–C) groups is 1. The Balaban J connectivity index is 0.00000208. The molecule has 0 fully saturated rings. The molecule has 0 atom stereocenters. The summed E-state index contributed by atoms with van der Waals surface area (Å²) >= 11 is 1.85. The summed E-state index contributed by atoms with van der Waals surface area (Å²) in [4.78, 5) is 14.9. The molecule has 0 aliphatic heterocycles. The van der Waals surface area contributed by atoms with E-state index in [-0.39, 0.29) is 24.0 Å². The van der Waals surface area contributed by atoms with Gasteiger partial charge in [-0.1, -0.05) is 6.07 Å². The molecule has 7 heteroatoms. The van der Waals surface area contributed by atoms with Gasteiger partial charge < -0.3 is 11.1 Å². The number of hydrogen-bond acceptors (Lipinski definition) is 4. The van der Waals surface area contributed by atoms with Crippen molar-refractivity contribution < 1.29 is 0 Å². The second kappa shape index (κ2) is 9.93. The van der Waals surface area contributed by atoms with Crippen molar-refractivity contribution in [3.05, 3.63) is 45.7 Å². The van der Waals surface area contributed by atoms with E-state index in [1.54, 1.807) is 6.20 Å². The number of pyridine rings is 1. The minimum absolute atomic E-state index is 0. The summed E-state index contributed by atoms with van der Waals surface area (Å²) in [7, 11) is 0. The average molecular weight is 457 g/mol. The van der Waals surface area contributed by atoms with Gasteiger partial charge in [0.05, 0.1) is 10.7 Å². The minimum atomic E-state index is 0. The van der Waals surface area contributed by atoms with Crippen molar-refractivity contribution in [1.82, 2.24) is 15.3 Å². The number of nitrogens with two attached hydrogens (primary N) is 1. The van der Waals surface area contributed by atoms with Gasteiger partial charge in [0, 0.05) is 42.7 Å². The molecule has 1 aliphatic carbocycles. The quantitative estimate of drug-likeness (QED) is 0.398. The topological polar surface area (TPSA) is 76.2 Å². The molecule has 0 radical (unpaired) electrons. The number of aromatic nitrogens is 2. The van der Waals surface area contributed by atoms with Gasteiger partial charge in [-0.3, -0.25) is 9.98 Å². The summed E-state index contributed by atoms with van der Waals surface area (Å²) < 4.78 is 0. The zero-order chi connectivity index (χ0) is 15.9. The maximum absolute atomic E-state index is 5.90. The van der Waals surface area contributed by atoms with Crippen LogP contribution in [0.3, 0.4) is 0 Å². The van der Waals surface area contributed by atoms with Crippen LogP contribution in [0, 0.1) is 0 Å². The Labute approximate surface area is 164 Å². The number of halogens is 1. The molecule has 0 saturated heterocycles. The van der Waals surface area contributed by atoms with E-state index in [2.05, 4.69) is 15.3 Å². The molecular weight excluding hydrogens is 433 g/mol. The van der Waals surface area contributed by atoms with Crippen LogP contribution >= 0.6 is 35.3 Å². The summed E-state index contributed by atoms with van der Waals surface area (Å²) in [5.74, 6) is 0.502. The first-order chi connectivity index (χ1) is 11.3. The smallest absolute Gasteiger partial charge is 0.188 e. The summed E-state index contributed by atoms with van der Waals surface area (Å²) in [6.45, 7) is 1.44. The Bertz CT molecular complexity index is 633. The monoisotopic (exact) mass is 457 g/mol. The maximum Gasteiger partial charge on any atom is 0.188 e. The van der Waals surface area contributed by atoms with E-state index in [4.69, 9.17) is 10.7 Å². The van der Waals surface area contributed by atoms with E-state index in [9.17, 15) is 0 Å². The molecule has 2 heterocycles. The Kier molecular flexibility index (Phi) is 7.90. The molecule has 0 aromatic carbocycles. The lowest BCUT2D eigenvalue weighted by molar-refractivity contribution is 0.680. The number of guanidine groups is 1. The van der Waals surface area contributed by atoms with Crippen molar-refractivity contribution in [2.45, 2.75) is 38.5 Å². The van der Waals surface area contributed by atoms with Gasteiger partial charge in [0.15, 0.2) is 5.96 Å². The molecule has 0 spiro atoms. The number of hydrogen-bond donors (Lipinski definition) is 2. The van der Waals surface area contributed by atoms with Crippen molar-refractivity contribution >= 4 is 41.3 Å². The SMILES string of the molecule is I.NC(=NCCc1nc2c(s1)CCCC2)NCCc1ccccn1. The van der Waals surface area contributed by atoms with Crippen molar-refractivity contribution in [3.8, 4) is 0 Å². The zero-order valence-electron chi connectivity index (χ0n) is 13.7. The molecule has 0 unspecified atom stereocenters. The van der Waals surface area contributed by atoms with Crippen LogP contribution in [0.1, 0.15) is 34.1 Å². The predicted octanol–water partition coefficient (Wildman–Crippen LogP) is 2.72. The van der Waals surface area contributed by atoms with Crippen LogP contribution in [0.4, 0.5) is 0 Å². The van der Waals surface area contributed by atoms with E-state index in [0.717, 1.165) is 31.5 Å². The van der Waals surface area contributed by atoms with Crippen molar-refractivity contribution in [2.24, 2.45) is 10.7 Å². The van der Waals surface area contributed by atoms with E-state index < -0.39 is 0 Å². The number of thiazole rings is 1. The third-order valence-electron chi connectivity index (χ3n) is 3.91. The fraction of sp³-hybridized carbons (Fsp3) is 0.471. The van der Waals surface area contributed by atoms with Gasteiger partial charge in [-0.05, 0) is 37.8 Å². The highest BCUT2D eigenvalue weighted by Gasteiger charge is 2.14. The van der Waals surface area contributed by atoms with E-state index >= 15 is 0 Å². The molecule has 3 rings (SSSR count). The largest absolute Gasteiger partial charge is 0.370 e. The number of nitrogens with zero attached hydrogens (tertiary/aromatic N) is 3. The predicted molar refractivity (Wildman–Crippen MR) is 110 cm³/mol. The van der Waals surface area contributed by atoms with Gasteiger partial charge in [0.1, 0.15) is 0 Å². The van der Waals surface area contributed by atoms with Gasteiger partial charge >= 0.3 is 0 Å². The van der Waals surface area contributed by atoms with Crippen LogP contribution in [0.5, 0.6) is 0 Å². The third kappa shape index (κ3) is 5.70. The molecule has 0 bridgehead atoms. The third-order valence-corrected chi connectivity index (χ3v) is 5.13. The van der Waals surface area contributed by atoms with Crippen LogP contribution in [0.25, 0.3) is 0 Å². The van der Waals surface area contributed by atoms with Gasteiger partial charge in [-0.15, -0.1) is 35.3 Å². The van der Waals surface area contributed by atoms with Gasteiger partial charge in [-0.2, -0.15) is 0 Å². The number of rotatable bonds is 6. The first-order valence-electron chi connectivity index (χ1n) is 8.22. The fourth-order valence-electron chi connectivity index (χ4n) is 2.70. The molecule has 2 aromatic heterocycles. The molecule has 130 valence electrons. The number of nitrogens with one attached hydrogen (secondary N) is 1. The Morgan fingerprint density at radius 3 is 2.92 bits per heavy atom. The highest BCUT2D eigenvalue weighted by molar-refractivity contribution is 14.0. The maximum atomic E-state index is 5.90. The molecular formula is C17H24IN5S. The van der Waals surface area contributed by atoms with Crippen LogP contribution in [0.15, 0.2) is 29.4 Å². The second-order valence-electron chi connectivity index (χ2n) is 5.70. The van der Waals surface area contributed by atoms with E-state index in [1.165, 1.54) is 34.8 Å². The molecule has 1 aliphatic rings. The highest BCUT2D eigenvalue weighted by atomic mass is 127. The Morgan fingerprint density at radius 1 is 1.25 bits per heavy atom. The van der Waals surface area contributed by atoms with Crippen LogP contribution in [0.2, 0.25) is 0 Å². The Hall–Kier alpha value is -1.22. The van der Waals surface area contributed by atoms with Crippen LogP contribution in [-0.4, -0.2) is 29.0 Å². The molecule has 0 saturated carbocycles. The molecule has 0 amide bonds. The zero-order valence-corrected chi connectivity index (χ0v) is 16.8. The molecule has 2 aromatic rings. The lowest BCUT2D eigenvalue weighted by atomic mass is 10.0. The standard InChI is InChI=1S/C17H23N5S.HI/c18-17(20-11-8-13-5-3-4-10-19-13)21-12-9-16-22-14-6-1-2-7-15(14)23-16;/h3-5,10H,1-2,6-9,11-12H2,(H3,18,20,21);1H. The fourth-order valence-corrected chi connectivity index (χ4v) is 3.85. The van der Waals surface area contributed by atoms with Crippen LogP contribution in [-0.2, 0) is 25.7 Å². The van der Waals surface area contributed by atoms with Gasteiger partial charge in [0.25, 0.3) is 0 Å². The van der Waals surface area contributed by atoms with E-state index in [1.807, 2.05) is 29.5 Å². The summed E-state index contributed by atoms with van der Waals surface area (Å²) in [5.41, 5.74) is 8.28. The summed E-state index contributed by atoms with van der Waals surface area (Å²) in [6.07, 6.45) is 8.46. The molecule has 3 N–H and O–H groups in total. The minimum Gasteiger partial charge on any atom is -0.370 e. The first kappa shape index (κ1) is 19.1. The highest BCUT2D eigenvalue weighted by Crippen LogP contribution is 2.26. The second-order valence-corrected chi connectivity index (χ2v) is 6.87. The van der Waals surface area contributed by atoms with Gasteiger partial charge in [0.2, 0.25) is 0 Å². The van der Waals surface area contributed by atoms with Crippen molar-refractivity contribution in [1.29, 1.82) is 0 Å². The lowest BCUT2D eigenvalue weighted by Gasteiger charge is -2.06. The number of aryl methyl sites for hydroxylation is 2. The Morgan fingerprint density at radius 2 is 2.12 bits per heavy atom.